The maximum atomic E-state index is 5.74. The van der Waals surface area contributed by atoms with E-state index in [-0.39, 0.29) is 0 Å². The Morgan fingerprint density at radius 2 is 2.15 bits per heavy atom. The zero-order valence-electron chi connectivity index (χ0n) is 11.3. The first-order valence-electron chi connectivity index (χ1n) is 6.59. The molecule has 0 saturated carbocycles. The zero-order valence-corrected chi connectivity index (χ0v) is 11.3. The number of benzene rings is 1. The van der Waals surface area contributed by atoms with Gasteiger partial charge in [0.05, 0.1) is 12.9 Å². The zero-order chi connectivity index (χ0) is 13.8. The highest BCUT2D eigenvalue weighted by atomic mass is 16.5. The molecule has 1 aromatic carbocycles. The number of nitrogens with zero attached hydrogens (tertiary/aromatic N) is 1. The Kier molecular flexibility index (Phi) is 3.54. The van der Waals surface area contributed by atoms with Crippen LogP contribution in [0.3, 0.4) is 0 Å². The Morgan fingerprint density at radius 3 is 3.05 bits per heavy atom. The van der Waals surface area contributed by atoms with Crippen LogP contribution in [-0.4, -0.2) is 18.6 Å². The minimum Gasteiger partial charge on any atom is -0.493 e. The van der Waals surface area contributed by atoms with Crippen LogP contribution in [0.2, 0.25) is 0 Å². The first-order chi connectivity index (χ1) is 9.85. The molecule has 20 heavy (non-hydrogen) atoms. The molecule has 0 amide bonds. The molecule has 0 aliphatic rings. The Balaban J connectivity index is 1.61. The highest BCUT2D eigenvalue weighted by molar-refractivity contribution is 5.78. The average molecular weight is 268 g/mol. The fourth-order valence-electron chi connectivity index (χ4n) is 2.06. The van der Waals surface area contributed by atoms with Crippen LogP contribution in [0.4, 0.5) is 5.82 Å². The van der Waals surface area contributed by atoms with Crippen molar-refractivity contribution in [3.8, 4) is 5.75 Å². The van der Waals surface area contributed by atoms with Crippen molar-refractivity contribution in [1.82, 2.24) is 4.98 Å². The van der Waals surface area contributed by atoms with Crippen molar-refractivity contribution >= 4 is 16.8 Å². The van der Waals surface area contributed by atoms with Crippen LogP contribution in [0, 0.1) is 0 Å². The molecule has 1 N–H and O–H groups in total. The Hall–Kier alpha value is -2.49. The van der Waals surface area contributed by atoms with E-state index < -0.39 is 0 Å². The van der Waals surface area contributed by atoms with Gasteiger partial charge in [-0.25, -0.2) is 4.98 Å². The second-order valence-electron chi connectivity index (χ2n) is 4.48. The Morgan fingerprint density at radius 1 is 1.20 bits per heavy atom. The molecule has 2 heterocycles. The van der Waals surface area contributed by atoms with Gasteiger partial charge in [0, 0.05) is 30.6 Å². The number of hydrogen-bond acceptors (Lipinski definition) is 4. The summed E-state index contributed by atoms with van der Waals surface area (Å²) in [4.78, 5) is 4.45. The molecule has 0 fully saturated rings. The largest absolute Gasteiger partial charge is 0.493 e. The highest BCUT2D eigenvalue weighted by Gasteiger charge is 2.01. The van der Waals surface area contributed by atoms with Gasteiger partial charge in [0.2, 0.25) is 0 Å². The number of pyridine rings is 1. The lowest BCUT2D eigenvalue weighted by Gasteiger charge is -2.07. The SMILES string of the molecule is CNc1cccc(CCOc2ccc3ccoc3c2)n1. The van der Waals surface area contributed by atoms with Gasteiger partial charge in [-0.3, -0.25) is 0 Å². The molecule has 3 rings (SSSR count). The number of furan rings is 1. The van der Waals surface area contributed by atoms with Crippen LogP contribution in [0.15, 0.2) is 53.1 Å². The lowest BCUT2D eigenvalue weighted by atomic mass is 10.2. The molecule has 102 valence electrons. The maximum absolute atomic E-state index is 5.74. The molecular formula is C16H16N2O2. The number of fused-ring (bicyclic) bond motifs is 1. The van der Waals surface area contributed by atoms with Crippen molar-refractivity contribution in [1.29, 1.82) is 0 Å². The first kappa shape index (κ1) is 12.5. The molecule has 0 radical (unpaired) electrons. The molecule has 4 heteroatoms. The minimum atomic E-state index is 0.590. The highest BCUT2D eigenvalue weighted by Crippen LogP contribution is 2.21. The molecule has 0 unspecified atom stereocenters. The van der Waals surface area contributed by atoms with Crippen LogP contribution >= 0.6 is 0 Å². The van der Waals surface area contributed by atoms with Crippen molar-refractivity contribution in [3.05, 3.63) is 54.4 Å². The van der Waals surface area contributed by atoms with E-state index in [4.69, 9.17) is 9.15 Å². The normalized spacial score (nSPS) is 10.7. The summed E-state index contributed by atoms with van der Waals surface area (Å²) < 4.78 is 11.1. The molecule has 2 aromatic heterocycles. The minimum absolute atomic E-state index is 0.590. The summed E-state index contributed by atoms with van der Waals surface area (Å²) in [5.74, 6) is 1.69. The Labute approximate surface area is 117 Å². The van der Waals surface area contributed by atoms with E-state index in [1.807, 2.05) is 49.5 Å². The molecule has 0 spiro atoms. The summed E-state index contributed by atoms with van der Waals surface area (Å²) in [6.07, 6.45) is 2.45. The fraction of sp³-hybridized carbons (Fsp3) is 0.188. The lowest BCUT2D eigenvalue weighted by Crippen LogP contribution is -2.04. The Bertz CT molecular complexity index is 706. The van der Waals surface area contributed by atoms with Crippen molar-refractivity contribution in [2.24, 2.45) is 0 Å². The molecule has 0 atom stereocenters. The molecule has 4 nitrogen and oxygen atoms in total. The van der Waals surface area contributed by atoms with Crippen molar-refractivity contribution < 1.29 is 9.15 Å². The maximum Gasteiger partial charge on any atom is 0.137 e. The van der Waals surface area contributed by atoms with E-state index in [2.05, 4.69) is 10.3 Å². The number of aromatic nitrogens is 1. The van der Waals surface area contributed by atoms with Gasteiger partial charge in [-0.05, 0) is 30.3 Å². The summed E-state index contributed by atoms with van der Waals surface area (Å²) in [5, 5.41) is 4.11. The van der Waals surface area contributed by atoms with Crippen LogP contribution in [0.5, 0.6) is 5.75 Å². The fourth-order valence-corrected chi connectivity index (χ4v) is 2.06. The average Bonchev–Trinajstić information content (AvgIpc) is 2.95. The van der Waals surface area contributed by atoms with Gasteiger partial charge < -0.3 is 14.5 Å². The van der Waals surface area contributed by atoms with Gasteiger partial charge in [0.25, 0.3) is 0 Å². The van der Waals surface area contributed by atoms with Gasteiger partial charge >= 0.3 is 0 Å². The first-order valence-corrected chi connectivity index (χ1v) is 6.59. The molecule has 0 aliphatic carbocycles. The lowest BCUT2D eigenvalue weighted by molar-refractivity contribution is 0.320. The molecule has 0 saturated heterocycles. The second kappa shape index (κ2) is 5.65. The molecular weight excluding hydrogens is 252 g/mol. The van der Waals surface area contributed by atoms with Gasteiger partial charge in [0.15, 0.2) is 0 Å². The van der Waals surface area contributed by atoms with Crippen LogP contribution in [0.25, 0.3) is 11.0 Å². The molecule has 0 bridgehead atoms. The topological polar surface area (TPSA) is 47.3 Å². The van der Waals surface area contributed by atoms with Crippen molar-refractivity contribution in [3.63, 3.8) is 0 Å². The predicted octanol–water partition coefficient (Wildman–Crippen LogP) is 3.49. The number of rotatable bonds is 5. The summed E-state index contributed by atoms with van der Waals surface area (Å²) in [5.41, 5.74) is 1.86. The second-order valence-corrected chi connectivity index (χ2v) is 4.48. The van der Waals surface area contributed by atoms with E-state index >= 15 is 0 Å². The molecule has 0 aliphatic heterocycles. The quantitative estimate of drug-likeness (QED) is 0.769. The van der Waals surface area contributed by atoms with Gasteiger partial charge in [-0.2, -0.15) is 0 Å². The number of nitrogens with one attached hydrogen (secondary N) is 1. The number of anilines is 1. The third kappa shape index (κ3) is 2.74. The van der Waals surface area contributed by atoms with Crippen molar-refractivity contribution in [2.45, 2.75) is 6.42 Å². The number of hydrogen-bond donors (Lipinski definition) is 1. The van der Waals surface area contributed by atoms with E-state index in [1.165, 1.54) is 0 Å². The summed E-state index contributed by atoms with van der Waals surface area (Å²) in [7, 11) is 1.86. The summed E-state index contributed by atoms with van der Waals surface area (Å²) in [6, 6.07) is 13.7. The van der Waals surface area contributed by atoms with E-state index in [0.717, 1.165) is 34.7 Å². The van der Waals surface area contributed by atoms with Crippen molar-refractivity contribution in [2.75, 3.05) is 19.0 Å². The molecule has 3 aromatic rings. The van der Waals surface area contributed by atoms with Gasteiger partial charge in [0.1, 0.15) is 17.2 Å². The van der Waals surface area contributed by atoms with E-state index in [9.17, 15) is 0 Å². The third-order valence-electron chi connectivity index (χ3n) is 3.12. The smallest absolute Gasteiger partial charge is 0.137 e. The van der Waals surface area contributed by atoms with Gasteiger partial charge in [-0.1, -0.05) is 6.07 Å². The van der Waals surface area contributed by atoms with Gasteiger partial charge in [-0.15, -0.1) is 0 Å². The summed E-state index contributed by atoms with van der Waals surface area (Å²) >= 11 is 0. The van der Waals surface area contributed by atoms with Crippen LogP contribution in [0.1, 0.15) is 5.69 Å². The van der Waals surface area contributed by atoms with Crippen LogP contribution < -0.4 is 10.1 Å². The van der Waals surface area contributed by atoms with Crippen LogP contribution in [-0.2, 0) is 6.42 Å². The van der Waals surface area contributed by atoms with E-state index in [0.29, 0.717) is 6.61 Å². The van der Waals surface area contributed by atoms with E-state index in [1.54, 1.807) is 6.26 Å². The monoisotopic (exact) mass is 268 g/mol. The number of ether oxygens (including phenoxy) is 1. The summed E-state index contributed by atoms with van der Waals surface area (Å²) in [6.45, 7) is 0.590. The predicted molar refractivity (Wildman–Crippen MR) is 79.2 cm³/mol. The standard InChI is InChI=1S/C16H16N2O2/c1-17-16-4-2-3-13(18-16)8-10-19-14-6-5-12-7-9-20-15(12)11-14/h2-7,9,11H,8,10H2,1H3,(H,17,18). The third-order valence-corrected chi connectivity index (χ3v) is 3.12.